The van der Waals surface area contributed by atoms with E-state index in [1.165, 1.54) is 11.8 Å². The van der Waals surface area contributed by atoms with Crippen molar-refractivity contribution >= 4 is 22.7 Å². The molecular formula is C15H16O2S. The summed E-state index contributed by atoms with van der Waals surface area (Å²) in [6.45, 7) is 3.64. The minimum absolute atomic E-state index is 0.602. The minimum atomic E-state index is -0.950. The van der Waals surface area contributed by atoms with Gasteiger partial charge in [0.2, 0.25) is 0 Å². The number of rotatable bonds is 2. The van der Waals surface area contributed by atoms with Gasteiger partial charge in [-0.3, -0.25) is 0 Å². The Morgan fingerprint density at radius 1 is 1.39 bits per heavy atom. The third-order valence-corrected chi connectivity index (χ3v) is 3.55. The molecule has 3 heteroatoms. The summed E-state index contributed by atoms with van der Waals surface area (Å²) < 4.78 is 5.73. The van der Waals surface area contributed by atoms with Crippen molar-refractivity contribution in [3.8, 4) is 11.8 Å². The Morgan fingerprint density at radius 2 is 2.11 bits per heavy atom. The second-order valence-electron chi connectivity index (χ2n) is 4.34. The van der Waals surface area contributed by atoms with Crippen molar-refractivity contribution in [2.45, 2.75) is 31.0 Å². The van der Waals surface area contributed by atoms with Crippen LogP contribution in [-0.4, -0.2) is 17.0 Å². The molecule has 0 saturated carbocycles. The molecule has 1 N–H and O–H groups in total. The highest BCUT2D eigenvalue weighted by molar-refractivity contribution is 7.98. The first kappa shape index (κ1) is 13.1. The van der Waals surface area contributed by atoms with Gasteiger partial charge in [0.25, 0.3) is 0 Å². The van der Waals surface area contributed by atoms with E-state index in [4.69, 9.17) is 4.42 Å². The lowest BCUT2D eigenvalue weighted by Gasteiger charge is -2.11. The number of para-hydroxylation sites is 1. The van der Waals surface area contributed by atoms with Crippen molar-refractivity contribution in [1.82, 2.24) is 0 Å². The molecule has 2 nitrogen and oxygen atoms in total. The Hall–Kier alpha value is -1.37. The molecular weight excluding hydrogens is 244 g/mol. The van der Waals surface area contributed by atoms with Gasteiger partial charge < -0.3 is 9.52 Å². The quantitative estimate of drug-likeness (QED) is 0.660. The van der Waals surface area contributed by atoms with Crippen LogP contribution in [-0.2, 0) is 0 Å². The molecule has 1 unspecified atom stereocenters. The van der Waals surface area contributed by atoms with Crippen molar-refractivity contribution in [2.24, 2.45) is 0 Å². The van der Waals surface area contributed by atoms with Gasteiger partial charge in [0.1, 0.15) is 11.2 Å². The Balaban J connectivity index is 2.56. The Labute approximate surface area is 111 Å². The first-order valence-corrected chi connectivity index (χ1v) is 7.11. The third kappa shape index (κ3) is 2.55. The van der Waals surface area contributed by atoms with Crippen LogP contribution in [0.15, 0.2) is 33.8 Å². The molecule has 1 aromatic heterocycles. The van der Waals surface area contributed by atoms with Gasteiger partial charge >= 0.3 is 0 Å². The Kier molecular flexibility index (Phi) is 3.70. The number of fused-ring (bicyclic) bond motifs is 1. The van der Waals surface area contributed by atoms with E-state index in [2.05, 4.69) is 11.8 Å². The summed E-state index contributed by atoms with van der Waals surface area (Å²) in [7, 11) is 0. The van der Waals surface area contributed by atoms with Crippen LogP contribution in [0.4, 0.5) is 0 Å². The fourth-order valence-corrected chi connectivity index (χ4v) is 2.11. The predicted molar refractivity (Wildman–Crippen MR) is 75.8 cm³/mol. The van der Waals surface area contributed by atoms with Gasteiger partial charge in [-0.2, -0.15) is 0 Å². The summed E-state index contributed by atoms with van der Waals surface area (Å²) in [6.07, 6.45) is 2.56. The fourth-order valence-electron chi connectivity index (χ4n) is 1.57. The van der Waals surface area contributed by atoms with Gasteiger partial charge in [-0.15, -0.1) is 0 Å². The summed E-state index contributed by atoms with van der Waals surface area (Å²) in [5, 5.41) is 11.7. The molecule has 0 saturated heterocycles. The molecule has 0 amide bonds. The van der Waals surface area contributed by atoms with Crippen LogP contribution in [0, 0.1) is 11.8 Å². The highest BCUT2D eigenvalue weighted by Crippen LogP contribution is 2.31. The number of furan rings is 1. The number of benzene rings is 1. The Bertz CT molecular complexity index is 614. The SMILES string of the molecule is CCC(C)(O)C#Cc1c(SC)oc2ccccc12. The summed E-state index contributed by atoms with van der Waals surface area (Å²) >= 11 is 1.53. The zero-order valence-electron chi connectivity index (χ0n) is 10.8. The zero-order chi connectivity index (χ0) is 13.2. The van der Waals surface area contributed by atoms with E-state index >= 15 is 0 Å². The molecule has 1 heterocycles. The van der Waals surface area contributed by atoms with E-state index in [9.17, 15) is 5.11 Å². The van der Waals surface area contributed by atoms with E-state index in [0.29, 0.717) is 6.42 Å². The van der Waals surface area contributed by atoms with Crippen LogP contribution < -0.4 is 0 Å². The highest BCUT2D eigenvalue weighted by atomic mass is 32.2. The van der Waals surface area contributed by atoms with E-state index < -0.39 is 5.60 Å². The maximum Gasteiger partial charge on any atom is 0.176 e. The molecule has 2 rings (SSSR count). The van der Waals surface area contributed by atoms with Crippen molar-refractivity contribution in [3.63, 3.8) is 0 Å². The summed E-state index contributed by atoms with van der Waals surface area (Å²) in [5.41, 5.74) is 0.753. The average Bonchev–Trinajstić information content (AvgIpc) is 2.74. The van der Waals surface area contributed by atoms with Crippen LogP contribution in [0.5, 0.6) is 0 Å². The molecule has 0 fully saturated rings. The number of hydrogen-bond donors (Lipinski definition) is 1. The van der Waals surface area contributed by atoms with E-state index in [1.54, 1.807) is 6.92 Å². The highest BCUT2D eigenvalue weighted by Gasteiger charge is 2.15. The van der Waals surface area contributed by atoms with Crippen molar-refractivity contribution in [3.05, 3.63) is 29.8 Å². The van der Waals surface area contributed by atoms with Crippen molar-refractivity contribution in [1.29, 1.82) is 0 Å². The molecule has 0 aliphatic rings. The van der Waals surface area contributed by atoms with Crippen molar-refractivity contribution < 1.29 is 9.52 Å². The summed E-state index contributed by atoms with van der Waals surface area (Å²) in [4.78, 5) is 0. The van der Waals surface area contributed by atoms with E-state index in [0.717, 1.165) is 21.6 Å². The molecule has 0 radical (unpaired) electrons. The second kappa shape index (κ2) is 5.09. The maximum absolute atomic E-state index is 9.95. The molecule has 1 aromatic carbocycles. The molecule has 18 heavy (non-hydrogen) atoms. The lowest BCUT2D eigenvalue weighted by Crippen LogP contribution is -2.19. The van der Waals surface area contributed by atoms with Gasteiger partial charge in [0.15, 0.2) is 5.09 Å². The molecule has 1 atom stereocenters. The zero-order valence-corrected chi connectivity index (χ0v) is 11.6. The lowest BCUT2D eigenvalue weighted by molar-refractivity contribution is 0.118. The topological polar surface area (TPSA) is 33.4 Å². The molecule has 94 valence electrons. The fraction of sp³-hybridized carbons (Fsp3) is 0.333. The standard InChI is InChI=1S/C15H16O2S/c1-4-15(2,16)10-9-12-11-7-5-6-8-13(11)17-14(12)18-3/h5-8,16H,4H2,1-3H3. The second-order valence-corrected chi connectivity index (χ2v) is 5.12. The average molecular weight is 260 g/mol. The normalized spacial score (nSPS) is 14.0. The first-order valence-electron chi connectivity index (χ1n) is 5.88. The number of thioether (sulfide) groups is 1. The summed E-state index contributed by atoms with van der Waals surface area (Å²) in [5.74, 6) is 5.97. The largest absolute Gasteiger partial charge is 0.449 e. The molecule has 2 aromatic rings. The van der Waals surface area contributed by atoms with Gasteiger partial charge in [0, 0.05) is 5.39 Å². The number of aliphatic hydroxyl groups is 1. The van der Waals surface area contributed by atoms with Gasteiger partial charge in [-0.25, -0.2) is 0 Å². The number of hydrogen-bond acceptors (Lipinski definition) is 3. The van der Waals surface area contributed by atoms with E-state index in [1.807, 2.05) is 37.4 Å². The molecule has 0 aliphatic carbocycles. The third-order valence-electron chi connectivity index (χ3n) is 2.89. The predicted octanol–water partition coefficient (Wildman–Crippen LogP) is 3.67. The van der Waals surface area contributed by atoms with E-state index in [-0.39, 0.29) is 0 Å². The molecule has 0 spiro atoms. The lowest BCUT2D eigenvalue weighted by atomic mass is 10.0. The van der Waals surface area contributed by atoms with Crippen LogP contribution in [0.3, 0.4) is 0 Å². The van der Waals surface area contributed by atoms with Gasteiger partial charge in [-0.1, -0.05) is 42.7 Å². The first-order chi connectivity index (χ1) is 8.57. The Morgan fingerprint density at radius 3 is 2.78 bits per heavy atom. The summed E-state index contributed by atoms with van der Waals surface area (Å²) in [6, 6.07) is 7.82. The van der Waals surface area contributed by atoms with Crippen molar-refractivity contribution in [2.75, 3.05) is 6.26 Å². The van der Waals surface area contributed by atoms with Gasteiger partial charge in [-0.05, 0) is 31.7 Å². The molecule has 0 aliphatic heterocycles. The maximum atomic E-state index is 9.95. The smallest absolute Gasteiger partial charge is 0.176 e. The minimum Gasteiger partial charge on any atom is -0.449 e. The van der Waals surface area contributed by atoms with Crippen LogP contribution >= 0.6 is 11.8 Å². The molecule has 0 bridgehead atoms. The van der Waals surface area contributed by atoms with Crippen LogP contribution in [0.2, 0.25) is 0 Å². The van der Waals surface area contributed by atoms with Gasteiger partial charge in [0.05, 0.1) is 5.56 Å². The van der Waals surface area contributed by atoms with Crippen LogP contribution in [0.25, 0.3) is 11.0 Å². The van der Waals surface area contributed by atoms with Crippen LogP contribution in [0.1, 0.15) is 25.8 Å². The monoisotopic (exact) mass is 260 g/mol.